The number of nitrogens with zero attached hydrogens (tertiary/aromatic N) is 3. The van der Waals surface area contributed by atoms with Crippen LogP contribution in [0.4, 0.5) is 5.82 Å². The molecule has 1 aliphatic heterocycles. The maximum Gasteiger partial charge on any atom is 0.235 e. The van der Waals surface area contributed by atoms with Crippen LogP contribution in [0, 0.1) is 0 Å². The lowest BCUT2D eigenvalue weighted by molar-refractivity contribution is -0.126. The summed E-state index contributed by atoms with van der Waals surface area (Å²) in [4.78, 5) is 21.4. The summed E-state index contributed by atoms with van der Waals surface area (Å²) in [6.07, 6.45) is 3.97. The molecule has 0 spiro atoms. The maximum absolute atomic E-state index is 11.6. The highest BCUT2D eigenvalue weighted by Crippen LogP contribution is 2.30. The molecule has 0 aliphatic carbocycles. The Morgan fingerprint density at radius 1 is 1.53 bits per heavy atom. The van der Waals surface area contributed by atoms with Crippen molar-refractivity contribution in [2.45, 2.75) is 16.7 Å². The highest BCUT2D eigenvalue weighted by atomic mass is 32.2. The number of nitrogen functional groups attached to an aromatic ring is 1. The fourth-order valence-corrected chi connectivity index (χ4v) is 2.53. The SMILES string of the molecule is CN1CCC(Sc2nccnc2N)C1=O. The molecular weight excluding hydrogens is 212 g/mol. The van der Waals surface area contributed by atoms with Crippen LogP contribution in [-0.4, -0.2) is 39.6 Å². The molecule has 1 amide bonds. The predicted molar refractivity (Wildman–Crippen MR) is 58.3 cm³/mol. The molecule has 1 saturated heterocycles. The third kappa shape index (κ3) is 2.04. The van der Waals surface area contributed by atoms with Crippen LogP contribution in [-0.2, 0) is 4.79 Å². The molecule has 1 atom stereocenters. The smallest absolute Gasteiger partial charge is 0.235 e. The van der Waals surface area contributed by atoms with Crippen molar-refractivity contribution < 1.29 is 4.79 Å². The molecule has 1 aromatic heterocycles. The van der Waals surface area contributed by atoms with Gasteiger partial charge in [-0.3, -0.25) is 4.79 Å². The van der Waals surface area contributed by atoms with Crippen molar-refractivity contribution in [2.24, 2.45) is 0 Å². The zero-order chi connectivity index (χ0) is 10.8. The lowest BCUT2D eigenvalue weighted by atomic mass is 10.4. The third-order valence-corrected chi connectivity index (χ3v) is 3.58. The normalized spacial score (nSPS) is 21.0. The maximum atomic E-state index is 11.6. The highest BCUT2D eigenvalue weighted by Gasteiger charge is 2.30. The molecule has 15 heavy (non-hydrogen) atoms. The van der Waals surface area contributed by atoms with Crippen LogP contribution in [0.1, 0.15) is 6.42 Å². The van der Waals surface area contributed by atoms with Crippen molar-refractivity contribution in [3.63, 3.8) is 0 Å². The van der Waals surface area contributed by atoms with Crippen LogP contribution < -0.4 is 5.73 Å². The van der Waals surface area contributed by atoms with Gasteiger partial charge in [0.15, 0.2) is 5.82 Å². The third-order valence-electron chi connectivity index (χ3n) is 2.32. The van der Waals surface area contributed by atoms with Crippen LogP contribution >= 0.6 is 11.8 Å². The summed E-state index contributed by atoms with van der Waals surface area (Å²) in [5.74, 6) is 0.537. The largest absolute Gasteiger partial charge is 0.381 e. The zero-order valence-corrected chi connectivity index (χ0v) is 9.20. The van der Waals surface area contributed by atoms with Gasteiger partial charge in [0.05, 0.1) is 5.25 Å². The van der Waals surface area contributed by atoms with Gasteiger partial charge >= 0.3 is 0 Å². The number of anilines is 1. The van der Waals surface area contributed by atoms with Gasteiger partial charge in [-0.1, -0.05) is 11.8 Å². The zero-order valence-electron chi connectivity index (χ0n) is 8.38. The monoisotopic (exact) mass is 224 g/mol. The van der Waals surface area contributed by atoms with E-state index in [1.807, 2.05) is 7.05 Å². The Morgan fingerprint density at radius 2 is 2.27 bits per heavy atom. The number of carbonyl (C=O) groups excluding carboxylic acids is 1. The van der Waals surface area contributed by atoms with Crippen molar-refractivity contribution in [2.75, 3.05) is 19.3 Å². The Balaban J connectivity index is 2.10. The Labute approximate surface area is 92.1 Å². The minimum atomic E-state index is -0.0611. The van der Waals surface area contributed by atoms with Gasteiger partial charge in [-0.2, -0.15) is 0 Å². The molecule has 2 rings (SSSR count). The van der Waals surface area contributed by atoms with Crippen molar-refractivity contribution in [3.05, 3.63) is 12.4 Å². The van der Waals surface area contributed by atoms with E-state index < -0.39 is 0 Å². The van der Waals surface area contributed by atoms with Crippen molar-refractivity contribution in [1.29, 1.82) is 0 Å². The fourth-order valence-electron chi connectivity index (χ4n) is 1.46. The molecule has 1 unspecified atom stereocenters. The number of thioether (sulfide) groups is 1. The molecule has 1 aromatic rings. The van der Waals surface area contributed by atoms with E-state index in [0.717, 1.165) is 13.0 Å². The summed E-state index contributed by atoms with van der Waals surface area (Å²) in [6, 6.07) is 0. The summed E-state index contributed by atoms with van der Waals surface area (Å²) < 4.78 is 0. The quantitative estimate of drug-likeness (QED) is 0.786. The van der Waals surface area contributed by atoms with Crippen molar-refractivity contribution in [3.8, 4) is 0 Å². The van der Waals surface area contributed by atoms with E-state index in [4.69, 9.17) is 5.73 Å². The summed E-state index contributed by atoms with van der Waals surface area (Å²) in [7, 11) is 1.81. The molecule has 0 aromatic carbocycles. The molecule has 2 N–H and O–H groups in total. The van der Waals surface area contributed by atoms with E-state index in [-0.39, 0.29) is 11.2 Å². The number of nitrogens with two attached hydrogens (primary N) is 1. The summed E-state index contributed by atoms with van der Waals surface area (Å²) in [5, 5.41) is 0.583. The summed E-state index contributed by atoms with van der Waals surface area (Å²) >= 11 is 1.40. The molecule has 0 bridgehead atoms. The average molecular weight is 224 g/mol. The first-order valence-electron chi connectivity index (χ1n) is 4.66. The first-order valence-corrected chi connectivity index (χ1v) is 5.54. The minimum absolute atomic E-state index is 0.0611. The topological polar surface area (TPSA) is 72.1 Å². The van der Waals surface area contributed by atoms with Crippen LogP contribution in [0.5, 0.6) is 0 Å². The van der Waals surface area contributed by atoms with Crippen molar-refractivity contribution >= 4 is 23.5 Å². The second kappa shape index (κ2) is 4.06. The number of rotatable bonds is 2. The number of hydrogen-bond acceptors (Lipinski definition) is 5. The van der Waals surface area contributed by atoms with Gasteiger partial charge in [0.1, 0.15) is 5.03 Å². The molecule has 0 radical (unpaired) electrons. The van der Waals surface area contributed by atoms with Crippen LogP contribution in [0.3, 0.4) is 0 Å². The average Bonchev–Trinajstić information content (AvgIpc) is 2.53. The standard InChI is InChI=1S/C9H12N4OS/c1-13-5-2-6(9(13)14)15-8-7(10)11-3-4-12-8/h3-4,6H,2,5H2,1H3,(H2,10,11). The Bertz CT molecular complexity index is 384. The molecule has 1 aliphatic rings. The number of aromatic nitrogens is 2. The molecule has 5 nitrogen and oxygen atoms in total. The first kappa shape index (κ1) is 10.2. The summed E-state index contributed by atoms with van der Waals surface area (Å²) in [5.41, 5.74) is 5.66. The molecule has 1 fully saturated rings. The second-order valence-corrected chi connectivity index (χ2v) is 4.59. The Kier molecular flexibility index (Phi) is 2.77. The minimum Gasteiger partial charge on any atom is -0.381 e. The van der Waals surface area contributed by atoms with Crippen LogP contribution in [0.25, 0.3) is 0 Å². The molecule has 0 saturated carbocycles. The summed E-state index contributed by atoms with van der Waals surface area (Å²) in [6.45, 7) is 0.802. The molecular formula is C9H12N4OS. The van der Waals surface area contributed by atoms with Gasteiger partial charge in [-0.25, -0.2) is 9.97 Å². The van der Waals surface area contributed by atoms with Crippen LogP contribution in [0.2, 0.25) is 0 Å². The van der Waals surface area contributed by atoms with E-state index in [1.54, 1.807) is 17.3 Å². The number of likely N-dealkylation sites (tertiary alicyclic amines) is 1. The van der Waals surface area contributed by atoms with Crippen molar-refractivity contribution in [1.82, 2.24) is 14.9 Å². The van der Waals surface area contributed by atoms with Crippen LogP contribution in [0.15, 0.2) is 17.4 Å². The molecule has 80 valence electrons. The first-order chi connectivity index (χ1) is 7.18. The van der Waals surface area contributed by atoms with Gasteiger partial charge in [0.2, 0.25) is 5.91 Å². The highest BCUT2D eigenvalue weighted by molar-refractivity contribution is 8.00. The van der Waals surface area contributed by atoms with Gasteiger partial charge in [-0.05, 0) is 6.42 Å². The number of amides is 1. The van der Waals surface area contributed by atoms with Gasteiger partial charge in [-0.15, -0.1) is 0 Å². The van der Waals surface area contributed by atoms with E-state index in [9.17, 15) is 4.79 Å². The van der Waals surface area contributed by atoms with Gasteiger partial charge in [0.25, 0.3) is 0 Å². The second-order valence-electron chi connectivity index (χ2n) is 3.40. The predicted octanol–water partition coefficient (Wildman–Crippen LogP) is 0.382. The Morgan fingerprint density at radius 3 is 2.87 bits per heavy atom. The molecule has 2 heterocycles. The number of hydrogen-bond donors (Lipinski definition) is 1. The Hall–Kier alpha value is -1.30. The van der Waals surface area contributed by atoms with Gasteiger partial charge in [0, 0.05) is 26.0 Å². The lowest BCUT2D eigenvalue weighted by Gasteiger charge is -2.09. The van der Waals surface area contributed by atoms with E-state index in [1.165, 1.54) is 11.8 Å². The molecule has 6 heteroatoms. The fraction of sp³-hybridized carbons (Fsp3) is 0.444. The van der Waals surface area contributed by atoms with E-state index in [2.05, 4.69) is 9.97 Å². The van der Waals surface area contributed by atoms with E-state index >= 15 is 0 Å². The van der Waals surface area contributed by atoms with Gasteiger partial charge < -0.3 is 10.6 Å². The lowest BCUT2D eigenvalue weighted by Crippen LogP contribution is -2.23. The number of carbonyl (C=O) groups is 1. The van der Waals surface area contributed by atoms with E-state index in [0.29, 0.717) is 10.8 Å².